The lowest BCUT2D eigenvalue weighted by molar-refractivity contribution is 0.0439. The minimum absolute atomic E-state index is 0.311. The van der Waals surface area contributed by atoms with Gasteiger partial charge in [-0.25, -0.2) is 4.98 Å². The van der Waals surface area contributed by atoms with E-state index in [4.69, 9.17) is 4.74 Å². The Balaban J connectivity index is 2.02. The van der Waals surface area contributed by atoms with Crippen LogP contribution in [-0.4, -0.2) is 35.9 Å². The van der Waals surface area contributed by atoms with Gasteiger partial charge >= 0.3 is 0 Å². The minimum atomic E-state index is -0.446. The molecular weight excluding hydrogens is 240 g/mol. The number of anilines is 1. The van der Waals surface area contributed by atoms with Crippen LogP contribution in [0.2, 0.25) is 0 Å². The quantitative estimate of drug-likeness (QED) is 0.887. The molecule has 2 rings (SSSR count). The number of hydrogen-bond donors (Lipinski definition) is 1. The van der Waals surface area contributed by atoms with Crippen molar-refractivity contribution in [2.45, 2.75) is 45.3 Å². The smallest absolute Gasteiger partial charge is 0.128 e. The van der Waals surface area contributed by atoms with Gasteiger partial charge in [-0.1, -0.05) is 6.92 Å². The molecule has 106 valence electrons. The highest BCUT2D eigenvalue weighted by atomic mass is 16.5. The van der Waals surface area contributed by atoms with Crippen LogP contribution < -0.4 is 4.90 Å². The summed E-state index contributed by atoms with van der Waals surface area (Å²) in [5.41, 5.74) is 0.918. The minimum Gasteiger partial charge on any atom is -0.389 e. The fraction of sp³-hybridized carbons (Fsp3) is 0.667. The monoisotopic (exact) mass is 264 g/mol. The number of ether oxygens (including phenoxy) is 1. The highest BCUT2D eigenvalue weighted by molar-refractivity contribution is 5.42. The Morgan fingerprint density at radius 1 is 1.58 bits per heavy atom. The van der Waals surface area contributed by atoms with Crippen molar-refractivity contribution in [3.05, 3.63) is 23.9 Å². The fourth-order valence-electron chi connectivity index (χ4n) is 2.43. The van der Waals surface area contributed by atoms with Crippen molar-refractivity contribution in [3.63, 3.8) is 0 Å². The Labute approximate surface area is 115 Å². The molecule has 1 aliphatic heterocycles. The summed E-state index contributed by atoms with van der Waals surface area (Å²) < 4.78 is 5.84. The van der Waals surface area contributed by atoms with Gasteiger partial charge in [-0.05, 0) is 43.9 Å². The van der Waals surface area contributed by atoms with E-state index in [-0.39, 0.29) is 0 Å². The van der Waals surface area contributed by atoms with Gasteiger partial charge in [-0.3, -0.25) is 0 Å². The molecule has 2 heterocycles. The SMILES string of the molecule is CCCOC1CCCN(c2cc([C@H](C)O)ccn2)C1. The van der Waals surface area contributed by atoms with Crippen molar-refractivity contribution in [3.8, 4) is 0 Å². The highest BCUT2D eigenvalue weighted by Crippen LogP contribution is 2.22. The Bertz CT molecular complexity index is 395. The first-order valence-corrected chi connectivity index (χ1v) is 7.21. The normalized spacial score (nSPS) is 21.4. The predicted molar refractivity (Wildman–Crippen MR) is 76.3 cm³/mol. The molecule has 0 aromatic carbocycles. The predicted octanol–water partition coefficient (Wildman–Crippen LogP) is 2.53. The van der Waals surface area contributed by atoms with Gasteiger partial charge in [-0.15, -0.1) is 0 Å². The Kier molecular flexibility index (Phi) is 5.16. The molecule has 1 saturated heterocycles. The second-order valence-electron chi connectivity index (χ2n) is 5.20. The zero-order chi connectivity index (χ0) is 13.7. The van der Waals surface area contributed by atoms with E-state index < -0.39 is 6.10 Å². The van der Waals surface area contributed by atoms with Gasteiger partial charge in [0.05, 0.1) is 12.2 Å². The number of piperidine rings is 1. The van der Waals surface area contributed by atoms with Crippen molar-refractivity contribution in [1.82, 2.24) is 4.98 Å². The average Bonchev–Trinajstić information content (AvgIpc) is 2.45. The maximum atomic E-state index is 9.64. The van der Waals surface area contributed by atoms with Gasteiger partial charge < -0.3 is 14.7 Å². The fourth-order valence-corrected chi connectivity index (χ4v) is 2.43. The molecule has 1 aliphatic rings. The topological polar surface area (TPSA) is 45.6 Å². The molecule has 0 bridgehead atoms. The zero-order valence-electron chi connectivity index (χ0n) is 11.9. The van der Waals surface area contributed by atoms with Crippen LogP contribution in [0.5, 0.6) is 0 Å². The van der Waals surface area contributed by atoms with Crippen LogP contribution in [0.4, 0.5) is 5.82 Å². The largest absolute Gasteiger partial charge is 0.389 e. The molecule has 4 nitrogen and oxygen atoms in total. The summed E-state index contributed by atoms with van der Waals surface area (Å²) in [6.45, 7) is 6.66. The molecule has 4 heteroatoms. The molecule has 2 atom stereocenters. The van der Waals surface area contributed by atoms with Crippen molar-refractivity contribution < 1.29 is 9.84 Å². The maximum absolute atomic E-state index is 9.64. The third kappa shape index (κ3) is 3.91. The van der Waals surface area contributed by atoms with Gasteiger partial charge in [0, 0.05) is 25.9 Å². The summed E-state index contributed by atoms with van der Waals surface area (Å²) >= 11 is 0. The van der Waals surface area contributed by atoms with Crippen LogP contribution in [0.1, 0.15) is 44.8 Å². The van der Waals surface area contributed by atoms with E-state index in [0.717, 1.165) is 50.3 Å². The van der Waals surface area contributed by atoms with Crippen LogP contribution in [0.3, 0.4) is 0 Å². The van der Waals surface area contributed by atoms with E-state index in [9.17, 15) is 5.11 Å². The summed E-state index contributed by atoms with van der Waals surface area (Å²) in [7, 11) is 0. The summed E-state index contributed by atoms with van der Waals surface area (Å²) in [6, 6.07) is 3.84. The van der Waals surface area contributed by atoms with Crippen molar-refractivity contribution >= 4 is 5.82 Å². The van der Waals surface area contributed by atoms with Gasteiger partial charge in [0.2, 0.25) is 0 Å². The summed E-state index contributed by atoms with van der Waals surface area (Å²) in [6.07, 6.45) is 4.96. The number of rotatable bonds is 5. The first-order chi connectivity index (χ1) is 9.20. The molecule has 0 spiro atoms. The lowest BCUT2D eigenvalue weighted by atomic mass is 10.1. The zero-order valence-corrected chi connectivity index (χ0v) is 11.9. The van der Waals surface area contributed by atoms with Crippen LogP contribution in [-0.2, 0) is 4.74 Å². The molecule has 1 N–H and O–H groups in total. The molecule has 0 aliphatic carbocycles. The van der Waals surface area contributed by atoms with E-state index >= 15 is 0 Å². The van der Waals surface area contributed by atoms with E-state index in [1.54, 1.807) is 13.1 Å². The molecule has 1 aromatic rings. The maximum Gasteiger partial charge on any atom is 0.128 e. The van der Waals surface area contributed by atoms with Crippen LogP contribution >= 0.6 is 0 Å². The number of aliphatic hydroxyl groups is 1. The number of aliphatic hydroxyl groups excluding tert-OH is 1. The van der Waals surface area contributed by atoms with Crippen LogP contribution in [0.25, 0.3) is 0 Å². The van der Waals surface area contributed by atoms with Crippen LogP contribution in [0.15, 0.2) is 18.3 Å². The lowest BCUT2D eigenvalue weighted by Crippen LogP contribution is -2.40. The van der Waals surface area contributed by atoms with Crippen LogP contribution in [0, 0.1) is 0 Å². The number of hydrogen-bond acceptors (Lipinski definition) is 4. The molecule has 0 saturated carbocycles. The van der Waals surface area contributed by atoms with E-state index in [2.05, 4.69) is 16.8 Å². The van der Waals surface area contributed by atoms with Crippen molar-refractivity contribution in [2.24, 2.45) is 0 Å². The molecule has 0 amide bonds. The second kappa shape index (κ2) is 6.87. The molecular formula is C15H24N2O2. The standard InChI is InChI=1S/C15H24N2O2/c1-3-9-19-14-5-4-8-17(11-14)15-10-13(12(2)18)6-7-16-15/h6-7,10,12,14,18H,3-5,8-9,11H2,1-2H3/t12-,14?/m0/s1. The molecule has 1 fully saturated rings. The summed E-state index contributed by atoms with van der Waals surface area (Å²) in [4.78, 5) is 6.68. The van der Waals surface area contributed by atoms with Gasteiger partial charge in [0.1, 0.15) is 5.82 Å². The lowest BCUT2D eigenvalue weighted by Gasteiger charge is -2.33. The average molecular weight is 264 g/mol. The number of aromatic nitrogens is 1. The van der Waals surface area contributed by atoms with E-state index in [1.807, 2.05) is 12.1 Å². The van der Waals surface area contributed by atoms with E-state index in [1.165, 1.54) is 0 Å². The van der Waals surface area contributed by atoms with Gasteiger partial charge in [0.15, 0.2) is 0 Å². The van der Waals surface area contributed by atoms with Gasteiger partial charge in [-0.2, -0.15) is 0 Å². The summed E-state index contributed by atoms with van der Waals surface area (Å²) in [5.74, 6) is 0.947. The summed E-state index contributed by atoms with van der Waals surface area (Å²) in [5, 5.41) is 9.64. The van der Waals surface area contributed by atoms with Crippen molar-refractivity contribution in [1.29, 1.82) is 0 Å². The molecule has 1 aromatic heterocycles. The molecule has 0 radical (unpaired) electrons. The van der Waals surface area contributed by atoms with E-state index in [0.29, 0.717) is 6.10 Å². The number of nitrogens with zero attached hydrogens (tertiary/aromatic N) is 2. The number of pyridine rings is 1. The first kappa shape index (κ1) is 14.3. The Morgan fingerprint density at radius 3 is 3.16 bits per heavy atom. The van der Waals surface area contributed by atoms with Crippen molar-refractivity contribution in [2.75, 3.05) is 24.6 Å². The third-order valence-corrected chi connectivity index (χ3v) is 3.51. The second-order valence-corrected chi connectivity index (χ2v) is 5.20. The molecule has 1 unspecified atom stereocenters. The highest BCUT2D eigenvalue weighted by Gasteiger charge is 2.21. The third-order valence-electron chi connectivity index (χ3n) is 3.51. The Hall–Kier alpha value is -1.13. The van der Waals surface area contributed by atoms with Gasteiger partial charge in [0.25, 0.3) is 0 Å². The first-order valence-electron chi connectivity index (χ1n) is 7.21. The molecule has 19 heavy (non-hydrogen) atoms. The Morgan fingerprint density at radius 2 is 2.42 bits per heavy atom.